The van der Waals surface area contributed by atoms with Gasteiger partial charge in [-0.05, 0) is 47.1 Å². The van der Waals surface area contributed by atoms with Gasteiger partial charge in [-0.25, -0.2) is 0 Å². The molecule has 2 aliphatic heterocycles. The molecule has 1 nitrogen and oxygen atoms in total. The first-order valence-electron chi connectivity index (χ1n) is 8.37. The average molecular weight is 551 g/mol. The highest BCUT2D eigenvalue weighted by Gasteiger charge is 2.35. The smallest absolute Gasteiger partial charge is 0.0345 e. The lowest BCUT2D eigenvalue weighted by atomic mass is 9.76. The molecule has 5 rings (SSSR count). The predicted octanol–water partition coefficient (Wildman–Crippen LogP) is 6.50. The van der Waals surface area contributed by atoms with Crippen molar-refractivity contribution in [3.8, 4) is 0 Å². The maximum Gasteiger partial charge on any atom is 0.0345 e. The number of fused-ring (bicyclic) bond motifs is 3. The SMILES string of the molecule is CCC1CC2C=CC1N(CCc1csc3ccccc13)C2.II. The highest BCUT2D eigenvalue weighted by molar-refractivity contribution is 15.0. The maximum atomic E-state index is 2.73. The molecule has 1 aromatic heterocycles. The molecule has 0 saturated carbocycles. The molecule has 0 radical (unpaired) electrons. The second-order valence-corrected chi connectivity index (χ2v) is 7.45. The first-order valence-corrected chi connectivity index (χ1v) is 15.5. The van der Waals surface area contributed by atoms with Crippen LogP contribution in [0.2, 0.25) is 0 Å². The van der Waals surface area contributed by atoms with Crippen LogP contribution in [0.5, 0.6) is 0 Å². The third kappa shape index (κ3) is 3.96. The molecule has 2 bridgehead atoms. The number of piperidine rings is 1. The Balaban J connectivity index is 0.000000753. The van der Waals surface area contributed by atoms with Gasteiger partial charge in [0, 0.05) is 61.1 Å². The van der Waals surface area contributed by atoms with Gasteiger partial charge in [0.25, 0.3) is 0 Å². The Kier molecular flexibility index (Phi) is 6.80. The van der Waals surface area contributed by atoms with E-state index in [2.05, 4.69) is 90.9 Å². The summed E-state index contributed by atoms with van der Waals surface area (Å²) in [6.45, 7) is 4.84. The molecule has 23 heavy (non-hydrogen) atoms. The molecule has 0 N–H and O–H groups in total. The fourth-order valence-electron chi connectivity index (χ4n) is 4.15. The summed E-state index contributed by atoms with van der Waals surface area (Å²) in [7, 11) is 0. The molecule has 2 aromatic rings. The Labute approximate surface area is 166 Å². The molecule has 3 unspecified atom stereocenters. The number of hydrogen-bond acceptors (Lipinski definition) is 2. The molecule has 1 saturated heterocycles. The Morgan fingerprint density at radius 3 is 2.83 bits per heavy atom. The Bertz CT molecular complexity index is 666. The standard InChI is InChI=1S/C19H23NS.I2/c1-2-15-11-14-7-8-18(15)20(12-14)10-9-16-13-21-19-6-4-3-5-17(16)19;1-2/h3-8,13-15,18H,2,9-12H2,1H3;. The van der Waals surface area contributed by atoms with Crippen molar-refractivity contribution in [1.82, 2.24) is 4.90 Å². The molecule has 4 heteroatoms. The van der Waals surface area contributed by atoms with Gasteiger partial charge in [0.15, 0.2) is 0 Å². The van der Waals surface area contributed by atoms with Crippen LogP contribution >= 0.6 is 48.6 Å². The van der Waals surface area contributed by atoms with Crippen LogP contribution in [0.15, 0.2) is 41.8 Å². The van der Waals surface area contributed by atoms with Crippen molar-refractivity contribution in [2.45, 2.75) is 32.2 Å². The van der Waals surface area contributed by atoms with Crippen molar-refractivity contribution in [1.29, 1.82) is 0 Å². The maximum absolute atomic E-state index is 2.73. The molecule has 1 aromatic carbocycles. The third-order valence-electron chi connectivity index (χ3n) is 5.31. The van der Waals surface area contributed by atoms with Crippen molar-refractivity contribution in [3.63, 3.8) is 0 Å². The largest absolute Gasteiger partial charge is 0.296 e. The van der Waals surface area contributed by atoms with Crippen molar-refractivity contribution < 1.29 is 0 Å². The van der Waals surface area contributed by atoms with Crippen molar-refractivity contribution in [2.24, 2.45) is 11.8 Å². The minimum absolute atomic E-state index is 0.699. The van der Waals surface area contributed by atoms with Crippen molar-refractivity contribution in [2.75, 3.05) is 13.1 Å². The third-order valence-corrected chi connectivity index (χ3v) is 6.33. The van der Waals surface area contributed by atoms with E-state index in [1.54, 1.807) is 0 Å². The number of nitrogens with zero attached hydrogens (tertiary/aromatic N) is 1. The number of benzene rings is 1. The minimum atomic E-state index is 0.699. The highest BCUT2D eigenvalue weighted by atomic mass is 128. The average Bonchev–Trinajstić information content (AvgIpc) is 3.05. The van der Waals surface area contributed by atoms with Gasteiger partial charge < -0.3 is 0 Å². The summed E-state index contributed by atoms with van der Waals surface area (Å²) < 4.78 is 1.43. The van der Waals surface area contributed by atoms with E-state index in [0.717, 1.165) is 11.8 Å². The summed E-state index contributed by atoms with van der Waals surface area (Å²) in [5.74, 6) is 1.69. The molecular weight excluding hydrogens is 528 g/mol. The zero-order valence-corrected chi connectivity index (χ0v) is 18.6. The number of hydrogen-bond donors (Lipinski definition) is 0. The van der Waals surface area contributed by atoms with Gasteiger partial charge in [-0.15, -0.1) is 11.3 Å². The monoisotopic (exact) mass is 551 g/mol. The lowest BCUT2D eigenvalue weighted by Gasteiger charge is -2.46. The summed E-state index contributed by atoms with van der Waals surface area (Å²) in [4.78, 5) is 2.73. The van der Waals surface area contributed by atoms with Gasteiger partial charge in [0.05, 0.1) is 0 Å². The zero-order chi connectivity index (χ0) is 16.2. The van der Waals surface area contributed by atoms with Crippen LogP contribution in [0.3, 0.4) is 0 Å². The second-order valence-electron chi connectivity index (χ2n) is 6.54. The topological polar surface area (TPSA) is 3.24 Å². The number of halogens is 2. The number of thiophene rings is 1. The van der Waals surface area contributed by atoms with Crippen LogP contribution in [0.4, 0.5) is 0 Å². The van der Waals surface area contributed by atoms with E-state index in [0.29, 0.717) is 6.04 Å². The van der Waals surface area contributed by atoms with E-state index in [1.807, 2.05) is 11.3 Å². The molecule has 124 valence electrons. The first kappa shape index (κ1) is 18.1. The quantitative estimate of drug-likeness (QED) is 0.310. The van der Waals surface area contributed by atoms with E-state index in [1.165, 1.54) is 48.0 Å². The van der Waals surface area contributed by atoms with Crippen LogP contribution in [0, 0.1) is 11.8 Å². The summed E-state index contributed by atoms with van der Waals surface area (Å²) in [5.41, 5.74) is 1.54. The van der Waals surface area contributed by atoms with Gasteiger partial charge in [0.2, 0.25) is 0 Å². The van der Waals surface area contributed by atoms with Crippen molar-refractivity contribution >= 4 is 58.7 Å². The Hall–Kier alpha value is 0.340. The van der Waals surface area contributed by atoms with Crippen molar-refractivity contribution in [3.05, 3.63) is 47.4 Å². The summed E-state index contributed by atoms with van der Waals surface area (Å²) in [6.07, 6.45) is 8.88. The van der Waals surface area contributed by atoms with E-state index in [9.17, 15) is 0 Å². The van der Waals surface area contributed by atoms with E-state index in [4.69, 9.17) is 0 Å². The zero-order valence-electron chi connectivity index (χ0n) is 13.4. The van der Waals surface area contributed by atoms with Crippen LogP contribution in [-0.2, 0) is 6.42 Å². The summed E-state index contributed by atoms with van der Waals surface area (Å²) in [6, 6.07) is 9.52. The molecule has 3 atom stereocenters. The van der Waals surface area contributed by atoms with Gasteiger partial charge in [-0.3, -0.25) is 4.90 Å². The van der Waals surface area contributed by atoms with Crippen LogP contribution < -0.4 is 0 Å². The van der Waals surface area contributed by atoms with E-state index < -0.39 is 0 Å². The van der Waals surface area contributed by atoms with Gasteiger partial charge >= 0.3 is 0 Å². The highest BCUT2D eigenvalue weighted by Crippen LogP contribution is 2.36. The van der Waals surface area contributed by atoms with Crippen LogP contribution in [0.25, 0.3) is 10.1 Å². The van der Waals surface area contributed by atoms with E-state index >= 15 is 0 Å². The fourth-order valence-corrected chi connectivity index (χ4v) is 5.15. The Morgan fingerprint density at radius 1 is 1.22 bits per heavy atom. The fraction of sp³-hybridized carbons (Fsp3) is 0.474. The molecule has 3 aliphatic rings. The molecule has 1 aliphatic carbocycles. The van der Waals surface area contributed by atoms with Gasteiger partial charge in [0.1, 0.15) is 0 Å². The van der Waals surface area contributed by atoms with Gasteiger partial charge in [-0.2, -0.15) is 0 Å². The molecular formula is C19H23I2NS. The number of rotatable bonds is 4. The summed E-state index contributed by atoms with van der Waals surface area (Å²) in [5, 5.41) is 3.83. The molecule has 0 amide bonds. The second kappa shape index (κ2) is 8.63. The predicted molar refractivity (Wildman–Crippen MR) is 120 cm³/mol. The first-order chi connectivity index (χ1) is 11.3. The van der Waals surface area contributed by atoms with Crippen LogP contribution in [-0.4, -0.2) is 24.0 Å². The lowest BCUT2D eigenvalue weighted by Crippen LogP contribution is -2.50. The van der Waals surface area contributed by atoms with E-state index in [-0.39, 0.29) is 0 Å². The molecule has 3 heterocycles. The Morgan fingerprint density at radius 2 is 2.04 bits per heavy atom. The van der Waals surface area contributed by atoms with Gasteiger partial charge in [-0.1, -0.05) is 43.7 Å². The normalized spacial score (nSPS) is 26.3. The lowest BCUT2D eigenvalue weighted by molar-refractivity contribution is 0.0826. The van der Waals surface area contributed by atoms with Crippen LogP contribution in [0.1, 0.15) is 25.3 Å². The molecule has 0 spiro atoms. The summed E-state index contributed by atoms with van der Waals surface area (Å²) >= 11 is 6.13. The minimum Gasteiger partial charge on any atom is -0.296 e. The molecule has 1 fully saturated rings.